The van der Waals surface area contributed by atoms with E-state index in [-0.39, 0.29) is 11.5 Å². The number of hydrogen-bond donors (Lipinski definition) is 3. The highest BCUT2D eigenvalue weighted by Gasteiger charge is 2.42. The van der Waals surface area contributed by atoms with E-state index < -0.39 is 53.9 Å². The second-order valence-electron chi connectivity index (χ2n) is 9.02. The molecule has 3 N–H and O–H groups in total. The Labute approximate surface area is 230 Å². The minimum atomic E-state index is -5.36. The molecule has 0 unspecified atom stereocenters. The first kappa shape index (κ1) is 30.5. The normalized spacial score (nSPS) is 11.4. The van der Waals surface area contributed by atoms with Gasteiger partial charge in [0.2, 0.25) is 11.9 Å². The molecule has 0 aliphatic carbocycles. The Balaban J connectivity index is 1.59. The van der Waals surface area contributed by atoms with E-state index in [0.717, 1.165) is 11.8 Å². The highest BCUT2D eigenvalue weighted by atomic mass is 19.4. The molecule has 0 saturated heterocycles. The van der Waals surface area contributed by atoms with Crippen molar-refractivity contribution in [1.82, 2.24) is 20.3 Å². The lowest BCUT2D eigenvalue weighted by Crippen LogP contribution is -2.43. The molecule has 12 nitrogen and oxygen atoms in total. The molecular formula is C26H24F3N5O7. The summed E-state index contributed by atoms with van der Waals surface area (Å²) in [4.78, 5) is 69.6. The molecule has 2 amide bonds. The molecule has 3 rings (SSSR count). The Kier molecular flexibility index (Phi) is 9.21. The summed E-state index contributed by atoms with van der Waals surface area (Å²) in [6.45, 7) is 3.41. The first-order valence-electron chi connectivity index (χ1n) is 11.8. The van der Waals surface area contributed by atoms with Crippen molar-refractivity contribution in [2.75, 3.05) is 12.4 Å². The molecule has 0 saturated carbocycles. The van der Waals surface area contributed by atoms with Crippen molar-refractivity contribution in [2.24, 2.45) is 0 Å². The van der Waals surface area contributed by atoms with Gasteiger partial charge in [-0.1, -0.05) is 6.07 Å². The number of H-pyrrole nitrogens is 1. The Bertz CT molecular complexity index is 1500. The van der Waals surface area contributed by atoms with Crippen LogP contribution in [0.25, 0.3) is 11.3 Å². The van der Waals surface area contributed by atoms with E-state index in [1.807, 2.05) is 12.1 Å². The van der Waals surface area contributed by atoms with Crippen LogP contribution in [0.1, 0.15) is 42.6 Å². The van der Waals surface area contributed by atoms with E-state index in [4.69, 9.17) is 4.74 Å². The van der Waals surface area contributed by atoms with Crippen LogP contribution in [0.5, 0.6) is 5.75 Å². The number of halogens is 3. The van der Waals surface area contributed by atoms with Gasteiger partial charge in [0, 0.05) is 24.4 Å². The number of hydrogen-bond acceptors (Lipinski definition) is 9. The van der Waals surface area contributed by atoms with Crippen LogP contribution in [0.4, 0.5) is 19.1 Å². The number of anilines is 1. The van der Waals surface area contributed by atoms with Crippen LogP contribution in [0.15, 0.2) is 53.6 Å². The molecule has 0 radical (unpaired) electrons. The first-order chi connectivity index (χ1) is 19.2. The highest BCUT2D eigenvalue weighted by Crippen LogP contribution is 2.24. The lowest BCUT2D eigenvalue weighted by Gasteiger charge is -2.26. The van der Waals surface area contributed by atoms with Crippen molar-refractivity contribution in [3.8, 4) is 17.0 Å². The van der Waals surface area contributed by atoms with Gasteiger partial charge in [-0.15, -0.1) is 0 Å². The van der Waals surface area contributed by atoms with Crippen LogP contribution in [0.3, 0.4) is 0 Å². The number of methoxy groups -OCH3 is 1. The lowest BCUT2D eigenvalue weighted by molar-refractivity contribution is -0.201. The summed E-state index contributed by atoms with van der Waals surface area (Å²) < 4.78 is 45.1. The van der Waals surface area contributed by atoms with E-state index in [2.05, 4.69) is 30.3 Å². The number of rotatable bonds is 9. The standard InChI is InChI=1S/C26H24F3N5O7/c1-25(2,15-6-9-18(30-12-15)14-4-7-16(40-3)8-5-14)34-22(38)17-13-31-24(33-21(17)37)32-19(35)10-11-20(36)41-23(39)26(27,28)29/h4-9,12-13H,10-11H2,1-3H3,(H,34,38)(H2,31,32,33,35,37). The molecule has 1 aromatic carbocycles. The summed E-state index contributed by atoms with van der Waals surface area (Å²) in [5, 5.41) is 4.84. The predicted molar refractivity (Wildman–Crippen MR) is 137 cm³/mol. The molecule has 0 spiro atoms. The number of benzene rings is 1. The number of nitrogens with one attached hydrogen (secondary N) is 3. The van der Waals surface area contributed by atoms with Gasteiger partial charge in [-0.25, -0.2) is 9.78 Å². The van der Waals surface area contributed by atoms with Crippen molar-refractivity contribution in [2.45, 2.75) is 38.4 Å². The smallest absolute Gasteiger partial charge is 0.491 e. The molecule has 0 atom stereocenters. The zero-order chi connectivity index (χ0) is 30.4. The number of pyridine rings is 1. The Hall–Kier alpha value is -5.08. The third kappa shape index (κ3) is 8.20. The van der Waals surface area contributed by atoms with E-state index in [1.165, 1.54) is 0 Å². The average Bonchev–Trinajstić information content (AvgIpc) is 2.91. The average molecular weight is 576 g/mol. The highest BCUT2D eigenvalue weighted by molar-refractivity contribution is 5.95. The summed E-state index contributed by atoms with van der Waals surface area (Å²) in [7, 11) is 1.57. The van der Waals surface area contributed by atoms with Gasteiger partial charge in [-0.05, 0) is 49.7 Å². The van der Waals surface area contributed by atoms with Crippen molar-refractivity contribution in [1.29, 1.82) is 0 Å². The lowest BCUT2D eigenvalue weighted by atomic mass is 9.95. The van der Waals surface area contributed by atoms with Gasteiger partial charge in [0.25, 0.3) is 11.5 Å². The van der Waals surface area contributed by atoms with Crippen LogP contribution in [0.2, 0.25) is 0 Å². The van der Waals surface area contributed by atoms with Gasteiger partial charge in [0.15, 0.2) is 0 Å². The van der Waals surface area contributed by atoms with Gasteiger partial charge < -0.3 is 14.8 Å². The number of amides is 2. The van der Waals surface area contributed by atoms with Crippen molar-refractivity contribution < 1.29 is 41.8 Å². The minimum Gasteiger partial charge on any atom is -0.497 e. The summed E-state index contributed by atoms with van der Waals surface area (Å²) in [5.74, 6) is -5.63. The van der Waals surface area contributed by atoms with Crippen LogP contribution in [-0.2, 0) is 24.7 Å². The quantitative estimate of drug-likeness (QED) is 0.257. The predicted octanol–water partition coefficient (Wildman–Crippen LogP) is 2.86. The maximum atomic E-state index is 12.8. The molecule has 2 aromatic heterocycles. The monoisotopic (exact) mass is 575 g/mol. The second kappa shape index (κ2) is 12.4. The maximum absolute atomic E-state index is 12.8. The number of ether oxygens (including phenoxy) is 2. The largest absolute Gasteiger partial charge is 0.497 e. The third-order valence-corrected chi connectivity index (χ3v) is 5.59. The second-order valence-corrected chi connectivity index (χ2v) is 9.02. The number of nitrogens with zero attached hydrogens (tertiary/aromatic N) is 2. The first-order valence-corrected chi connectivity index (χ1v) is 11.8. The van der Waals surface area contributed by atoms with Gasteiger partial charge in [0.05, 0.1) is 24.8 Å². The molecule has 0 aliphatic rings. The number of esters is 2. The summed E-state index contributed by atoms with van der Waals surface area (Å²) in [6.07, 6.45) is -4.36. The van der Waals surface area contributed by atoms with Gasteiger partial charge >= 0.3 is 18.1 Å². The van der Waals surface area contributed by atoms with E-state index in [0.29, 0.717) is 17.0 Å². The Morgan fingerprint density at radius 3 is 2.20 bits per heavy atom. The summed E-state index contributed by atoms with van der Waals surface area (Å²) >= 11 is 0. The van der Waals surface area contributed by atoms with Crippen molar-refractivity contribution in [3.05, 3.63) is 70.3 Å². The van der Waals surface area contributed by atoms with Crippen molar-refractivity contribution >= 4 is 29.7 Å². The topological polar surface area (TPSA) is 169 Å². The molecule has 0 fully saturated rings. The molecular weight excluding hydrogens is 551 g/mol. The molecule has 216 valence electrons. The molecule has 2 heterocycles. The van der Waals surface area contributed by atoms with Crippen LogP contribution < -0.4 is 20.9 Å². The van der Waals surface area contributed by atoms with E-state index >= 15 is 0 Å². The van der Waals surface area contributed by atoms with Crippen molar-refractivity contribution in [3.63, 3.8) is 0 Å². The van der Waals surface area contributed by atoms with Gasteiger partial charge in [-0.3, -0.25) is 34.5 Å². The number of carbonyl (C=O) groups excluding carboxylic acids is 4. The number of aromatic nitrogens is 3. The summed E-state index contributed by atoms with van der Waals surface area (Å²) in [5.41, 5.74) is -0.0139. The summed E-state index contributed by atoms with van der Waals surface area (Å²) in [6, 6.07) is 10.9. The fraction of sp³-hybridized carbons (Fsp3) is 0.269. The fourth-order valence-corrected chi connectivity index (χ4v) is 3.36. The molecule has 0 bridgehead atoms. The molecule has 41 heavy (non-hydrogen) atoms. The molecule has 0 aliphatic heterocycles. The van der Waals surface area contributed by atoms with Gasteiger partial charge in [-0.2, -0.15) is 13.2 Å². The minimum absolute atomic E-state index is 0.367. The Morgan fingerprint density at radius 2 is 1.63 bits per heavy atom. The van der Waals surface area contributed by atoms with E-state index in [1.54, 1.807) is 51.4 Å². The van der Waals surface area contributed by atoms with Crippen LogP contribution in [-0.4, -0.2) is 52.0 Å². The number of alkyl halides is 3. The Morgan fingerprint density at radius 1 is 0.951 bits per heavy atom. The molecule has 3 aromatic rings. The maximum Gasteiger partial charge on any atom is 0.491 e. The fourth-order valence-electron chi connectivity index (χ4n) is 3.36. The van der Waals surface area contributed by atoms with Crippen LogP contribution in [0, 0.1) is 0 Å². The van der Waals surface area contributed by atoms with Gasteiger partial charge in [0.1, 0.15) is 11.3 Å². The molecule has 15 heteroatoms. The zero-order valence-electron chi connectivity index (χ0n) is 21.9. The van der Waals surface area contributed by atoms with E-state index in [9.17, 15) is 37.1 Å². The number of aromatic amines is 1. The number of carbonyl (C=O) groups is 4. The SMILES string of the molecule is COc1ccc(-c2ccc(C(C)(C)NC(=O)c3cnc(NC(=O)CCC(=O)OC(=O)C(F)(F)F)[nH]c3=O)cn2)cc1. The van der Waals surface area contributed by atoms with Crippen LogP contribution >= 0.6 is 0 Å². The third-order valence-electron chi connectivity index (χ3n) is 5.59. The zero-order valence-corrected chi connectivity index (χ0v) is 21.9.